The van der Waals surface area contributed by atoms with Crippen LogP contribution in [0, 0.1) is 0 Å². The fourth-order valence-corrected chi connectivity index (χ4v) is 1.97. The molecule has 0 aromatic heterocycles. The molecule has 0 N–H and O–H groups in total. The highest BCUT2D eigenvalue weighted by Gasteiger charge is 2.14. The van der Waals surface area contributed by atoms with Crippen LogP contribution in [0.4, 0.5) is 5.69 Å². The largest absolute Gasteiger partial charge is 0.485 e. The van der Waals surface area contributed by atoms with Crippen LogP contribution in [0.15, 0.2) is 53.1 Å². The molecular weight excluding hydrogens is 198 g/mol. The lowest BCUT2D eigenvalue weighted by Gasteiger charge is -2.18. The molecule has 2 aliphatic rings. The number of benzene rings is 1. The zero-order chi connectivity index (χ0) is 10.8. The molecule has 0 saturated carbocycles. The second-order valence-corrected chi connectivity index (χ2v) is 3.95. The van der Waals surface area contributed by atoms with Gasteiger partial charge in [-0.1, -0.05) is 30.4 Å². The third-order valence-corrected chi connectivity index (χ3v) is 2.81. The number of rotatable bonds is 1. The molecule has 2 heteroatoms. The van der Waals surface area contributed by atoms with Crippen molar-refractivity contribution in [2.24, 2.45) is 4.99 Å². The predicted octanol–water partition coefficient (Wildman–Crippen LogP) is 3.43. The molecule has 80 valence electrons. The van der Waals surface area contributed by atoms with E-state index in [1.165, 1.54) is 5.57 Å². The molecule has 1 aliphatic heterocycles. The summed E-state index contributed by atoms with van der Waals surface area (Å²) in [6, 6.07) is 7.90. The molecule has 1 aliphatic carbocycles. The topological polar surface area (TPSA) is 21.6 Å². The number of ether oxygens (including phenoxy) is 1. The van der Waals surface area contributed by atoms with Crippen LogP contribution in [0.5, 0.6) is 5.75 Å². The summed E-state index contributed by atoms with van der Waals surface area (Å²) in [5.74, 6) is 0.881. The molecule has 0 saturated heterocycles. The van der Waals surface area contributed by atoms with Crippen molar-refractivity contribution in [2.45, 2.75) is 12.8 Å². The van der Waals surface area contributed by atoms with E-state index in [4.69, 9.17) is 4.74 Å². The van der Waals surface area contributed by atoms with Gasteiger partial charge in [0.2, 0.25) is 0 Å². The average Bonchev–Trinajstić information content (AvgIpc) is 2.39. The lowest BCUT2D eigenvalue weighted by molar-refractivity contribution is 0.373. The van der Waals surface area contributed by atoms with E-state index in [2.05, 4.69) is 23.2 Å². The van der Waals surface area contributed by atoms with Gasteiger partial charge in [-0.3, -0.25) is 0 Å². The predicted molar refractivity (Wildman–Crippen MR) is 65.5 cm³/mol. The Balaban J connectivity index is 1.97. The van der Waals surface area contributed by atoms with Crippen LogP contribution in [0.1, 0.15) is 12.8 Å². The number of hydrogen-bond acceptors (Lipinski definition) is 2. The first-order valence-electron chi connectivity index (χ1n) is 5.60. The Morgan fingerprint density at radius 3 is 2.94 bits per heavy atom. The average molecular weight is 211 g/mol. The summed E-state index contributed by atoms with van der Waals surface area (Å²) in [5.41, 5.74) is 3.18. The standard InChI is InChI=1S/C14H13NO/c1-2-6-11(7-3-1)13-10-16-14-9-5-4-8-12(14)15-13/h2,4-9H,1,3,10H2. The van der Waals surface area contributed by atoms with E-state index in [0.29, 0.717) is 6.61 Å². The molecule has 1 aromatic carbocycles. The molecule has 2 nitrogen and oxygen atoms in total. The number of nitrogens with zero attached hydrogens (tertiary/aromatic N) is 1. The Kier molecular flexibility index (Phi) is 2.33. The van der Waals surface area contributed by atoms with E-state index in [1.54, 1.807) is 0 Å². The van der Waals surface area contributed by atoms with Crippen molar-refractivity contribution in [3.05, 3.63) is 48.1 Å². The maximum Gasteiger partial charge on any atom is 0.145 e. The van der Waals surface area contributed by atoms with E-state index >= 15 is 0 Å². The van der Waals surface area contributed by atoms with Crippen molar-refractivity contribution in [1.82, 2.24) is 0 Å². The fraction of sp³-hybridized carbons (Fsp3) is 0.214. The van der Waals surface area contributed by atoms with Gasteiger partial charge in [0, 0.05) is 0 Å². The first-order valence-corrected chi connectivity index (χ1v) is 5.60. The van der Waals surface area contributed by atoms with Crippen molar-refractivity contribution in [1.29, 1.82) is 0 Å². The van der Waals surface area contributed by atoms with Crippen LogP contribution in [-0.2, 0) is 0 Å². The third-order valence-electron chi connectivity index (χ3n) is 2.81. The monoisotopic (exact) mass is 211 g/mol. The second kappa shape index (κ2) is 3.97. The van der Waals surface area contributed by atoms with Crippen LogP contribution >= 0.6 is 0 Å². The van der Waals surface area contributed by atoms with Crippen LogP contribution < -0.4 is 4.74 Å². The van der Waals surface area contributed by atoms with E-state index in [9.17, 15) is 0 Å². The van der Waals surface area contributed by atoms with Gasteiger partial charge in [-0.2, -0.15) is 0 Å². The van der Waals surface area contributed by atoms with Gasteiger partial charge in [-0.15, -0.1) is 0 Å². The van der Waals surface area contributed by atoms with Gasteiger partial charge in [-0.25, -0.2) is 4.99 Å². The number of fused-ring (bicyclic) bond motifs is 1. The third kappa shape index (κ3) is 1.67. The van der Waals surface area contributed by atoms with Crippen LogP contribution in [0.3, 0.4) is 0 Å². The first kappa shape index (κ1) is 9.40. The lowest BCUT2D eigenvalue weighted by Crippen LogP contribution is -2.17. The Morgan fingerprint density at radius 2 is 2.06 bits per heavy atom. The van der Waals surface area contributed by atoms with Gasteiger partial charge >= 0.3 is 0 Å². The molecule has 0 spiro atoms. The van der Waals surface area contributed by atoms with Crippen molar-refractivity contribution >= 4 is 11.4 Å². The molecule has 0 radical (unpaired) electrons. The van der Waals surface area contributed by atoms with Gasteiger partial charge in [0.15, 0.2) is 0 Å². The molecule has 0 atom stereocenters. The van der Waals surface area contributed by atoms with Crippen LogP contribution in [0.2, 0.25) is 0 Å². The zero-order valence-electron chi connectivity index (χ0n) is 9.02. The molecule has 0 unspecified atom stereocenters. The molecule has 0 fully saturated rings. The van der Waals surface area contributed by atoms with E-state index in [0.717, 1.165) is 30.0 Å². The fourth-order valence-electron chi connectivity index (χ4n) is 1.97. The number of allylic oxidation sites excluding steroid dienone is 3. The second-order valence-electron chi connectivity index (χ2n) is 3.95. The minimum Gasteiger partial charge on any atom is -0.485 e. The summed E-state index contributed by atoms with van der Waals surface area (Å²) >= 11 is 0. The van der Waals surface area contributed by atoms with E-state index in [1.807, 2.05) is 24.3 Å². The highest BCUT2D eigenvalue weighted by molar-refractivity contribution is 6.06. The Hall–Kier alpha value is -1.83. The van der Waals surface area contributed by atoms with E-state index in [-0.39, 0.29) is 0 Å². The van der Waals surface area contributed by atoms with Crippen LogP contribution in [-0.4, -0.2) is 12.3 Å². The maximum absolute atomic E-state index is 5.68. The Labute approximate surface area is 95.0 Å². The minimum absolute atomic E-state index is 0.577. The molecule has 1 heterocycles. The first-order chi connectivity index (χ1) is 7.93. The summed E-state index contributed by atoms with van der Waals surface area (Å²) in [7, 11) is 0. The normalized spacial score (nSPS) is 18.2. The zero-order valence-corrected chi connectivity index (χ0v) is 9.02. The Bertz CT molecular complexity index is 497. The molecule has 0 amide bonds. The van der Waals surface area contributed by atoms with Gasteiger partial charge < -0.3 is 4.74 Å². The summed E-state index contributed by atoms with van der Waals surface area (Å²) < 4.78 is 5.68. The smallest absolute Gasteiger partial charge is 0.145 e. The number of aliphatic imine (C=N–C) groups is 1. The van der Waals surface area contributed by atoms with Gasteiger partial charge in [-0.05, 0) is 30.5 Å². The number of hydrogen-bond donors (Lipinski definition) is 0. The summed E-state index contributed by atoms with van der Waals surface area (Å²) in [4.78, 5) is 4.64. The minimum atomic E-state index is 0.577. The maximum atomic E-state index is 5.68. The lowest BCUT2D eigenvalue weighted by atomic mass is 10.0. The van der Waals surface area contributed by atoms with Crippen molar-refractivity contribution < 1.29 is 4.74 Å². The summed E-state index contributed by atoms with van der Waals surface area (Å²) in [5, 5.41) is 0. The molecular formula is C14H13NO. The van der Waals surface area contributed by atoms with E-state index < -0.39 is 0 Å². The van der Waals surface area contributed by atoms with Crippen LogP contribution in [0.25, 0.3) is 0 Å². The SMILES string of the molecule is C1=CC(C2=Nc3ccccc3OC2)=CCC1. The van der Waals surface area contributed by atoms with Crippen molar-refractivity contribution in [2.75, 3.05) is 6.61 Å². The molecule has 0 bridgehead atoms. The summed E-state index contributed by atoms with van der Waals surface area (Å²) in [6.07, 6.45) is 8.80. The van der Waals surface area contributed by atoms with Gasteiger partial charge in [0.1, 0.15) is 18.0 Å². The van der Waals surface area contributed by atoms with Crippen molar-refractivity contribution in [3.8, 4) is 5.75 Å². The quantitative estimate of drug-likeness (QED) is 0.697. The highest BCUT2D eigenvalue weighted by atomic mass is 16.5. The highest BCUT2D eigenvalue weighted by Crippen LogP contribution is 2.31. The van der Waals surface area contributed by atoms with Gasteiger partial charge in [0.25, 0.3) is 0 Å². The number of para-hydroxylation sites is 2. The molecule has 1 aromatic rings. The van der Waals surface area contributed by atoms with Gasteiger partial charge in [0.05, 0.1) is 5.71 Å². The Morgan fingerprint density at radius 1 is 1.12 bits per heavy atom. The molecule has 3 rings (SSSR count). The molecule has 16 heavy (non-hydrogen) atoms. The summed E-state index contributed by atoms with van der Waals surface area (Å²) in [6.45, 7) is 0.577. The van der Waals surface area contributed by atoms with Crippen molar-refractivity contribution in [3.63, 3.8) is 0 Å².